The van der Waals surface area contributed by atoms with Crippen molar-refractivity contribution in [3.05, 3.63) is 24.5 Å². The number of sulfonamides is 1. The first-order valence-electron chi connectivity index (χ1n) is 8.27. The number of allylic oxidation sites excluding steroid dienone is 1. The first-order valence-corrected chi connectivity index (χ1v) is 12.1. The predicted molar refractivity (Wildman–Crippen MR) is 103 cm³/mol. The van der Waals surface area contributed by atoms with Crippen LogP contribution in [0.15, 0.2) is 20.8 Å². The van der Waals surface area contributed by atoms with Crippen LogP contribution in [0.25, 0.3) is 0 Å². The van der Waals surface area contributed by atoms with E-state index in [1.165, 1.54) is 6.42 Å². The summed E-state index contributed by atoms with van der Waals surface area (Å²) in [5, 5.41) is 0. The Bertz CT molecular complexity index is 898. The van der Waals surface area contributed by atoms with E-state index in [2.05, 4.69) is 15.9 Å². The number of hydrogen-bond acceptors (Lipinski definition) is 4. The van der Waals surface area contributed by atoms with Crippen LogP contribution in [0.4, 0.5) is 4.39 Å². The molecule has 10 heteroatoms. The Morgan fingerprint density at radius 3 is 2.08 bits per heavy atom. The standard InChI is InChI=1S/C16H15BrCl2FNO3S2/c17-11-13(15(19)25-14(11)18)26(23,24)21-16(22)12(20)10-8-2-6-1-7(4-8)5-9(10)3-6/h6-9H,1-5H2,(H,21,22). The molecular formula is C16H15BrCl2FNO3S2. The van der Waals surface area contributed by atoms with E-state index >= 15 is 0 Å². The average Bonchev–Trinajstić information content (AvgIpc) is 2.78. The zero-order chi connectivity index (χ0) is 18.8. The molecule has 4 saturated carbocycles. The number of carbonyl (C=O) groups is 1. The SMILES string of the molecule is O=C(NS(=O)(=O)c1c(Cl)sc(Cl)c1Br)C(F)=C1C2CC3CC(C2)CC1C3. The topological polar surface area (TPSA) is 63.2 Å². The molecule has 0 saturated heterocycles. The summed E-state index contributed by atoms with van der Waals surface area (Å²) in [6, 6.07) is 0. The number of halogens is 4. The number of rotatable bonds is 3. The Hall–Kier alpha value is -0.150. The van der Waals surface area contributed by atoms with Crippen LogP contribution in [0.3, 0.4) is 0 Å². The van der Waals surface area contributed by atoms with Gasteiger partial charge in [-0.1, -0.05) is 23.2 Å². The van der Waals surface area contributed by atoms with Crippen molar-refractivity contribution in [1.82, 2.24) is 4.72 Å². The number of thiophene rings is 1. The molecule has 142 valence electrons. The van der Waals surface area contributed by atoms with Gasteiger partial charge in [-0.15, -0.1) is 11.3 Å². The second kappa shape index (κ2) is 6.72. The Labute approximate surface area is 173 Å². The lowest BCUT2D eigenvalue weighted by atomic mass is 9.54. The molecule has 5 rings (SSSR count). The summed E-state index contributed by atoms with van der Waals surface area (Å²) in [5.41, 5.74) is 0.512. The van der Waals surface area contributed by atoms with E-state index in [9.17, 15) is 17.6 Å². The van der Waals surface area contributed by atoms with Gasteiger partial charge in [-0.25, -0.2) is 17.5 Å². The summed E-state index contributed by atoms with van der Waals surface area (Å²) in [5.74, 6) is -0.822. The van der Waals surface area contributed by atoms with Crippen LogP contribution in [-0.4, -0.2) is 14.3 Å². The minimum Gasteiger partial charge on any atom is -0.266 e. The summed E-state index contributed by atoms with van der Waals surface area (Å²) in [6.07, 6.45) is 4.79. The molecule has 1 heterocycles. The molecule has 4 bridgehead atoms. The molecule has 4 aliphatic carbocycles. The molecule has 4 fully saturated rings. The van der Waals surface area contributed by atoms with Gasteiger partial charge in [-0.3, -0.25) is 4.79 Å². The summed E-state index contributed by atoms with van der Waals surface area (Å²) in [4.78, 5) is 12.0. The van der Waals surface area contributed by atoms with Gasteiger partial charge in [0.2, 0.25) is 0 Å². The van der Waals surface area contributed by atoms with Gasteiger partial charge in [0.05, 0.1) is 4.47 Å². The fourth-order valence-corrected chi connectivity index (χ4v) is 9.47. The number of hydrogen-bond donors (Lipinski definition) is 1. The van der Waals surface area contributed by atoms with Crippen molar-refractivity contribution in [2.24, 2.45) is 23.7 Å². The highest BCUT2D eigenvalue weighted by atomic mass is 79.9. The smallest absolute Gasteiger partial charge is 0.266 e. The van der Waals surface area contributed by atoms with Crippen LogP contribution in [0, 0.1) is 23.7 Å². The van der Waals surface area contributed by atoms with Crippen molar-refractivity contribution in [3.63, 3.8) is 0 Å². The Morgan fingerprint density at radius 2 is 1.62 bits per heavy atom. The summed E-state index contributed by atoms with van der Waals surface area (Å²) >= 11 is 15.7. The van der Waals surface area contributed by atoms with Gasteiger partial charge in [-0.05, 0) is 77.3 Å². The molecule has 26 heavy (non-hydrogen) atoms. The fourth-order valence-electron chi connectivity index (χ4n) is 4.97. The molecule has 1 N–H and O–H groups in total. The molecule has 0 unspecified atom stereocenters. The highest BCUT2D eigenvalue weighted by Gasteiger charge is 2.47. The van der Waals surface area contributed by atoms with Gasteiger partial charge >= 0.3 is 0 Å². The van der Waals surface area contributed by atoms with Crippen LogP contribution in [0.5, 0.6) is 0 Å². The lowest BCUT2D eigenvalue weighted by Gasteiger charge is -2.51. The van der Waals surface area contributed by atoms with E-state index in [0.717, 1.165) is 37.0 Å². The molecule has 0 aromatic carbocycles. The maximum atomic E-state index is 14.9. The first-order chi connectivity index (χ1) is 12.2. The average molecular weight is 503 g/mol. The third-order valence-corrected chi connectivity index (χ3v) is 10.5. The minimum atomic E-state index is -4.34. The molecule has 0 aliphatic heterocycles. The normalized spacial score (nSPS) is 29.9. The molecule has 0 radical (unpaired) electrons. The van der Waals surface area contributed by atoms with Gasteiger partial charge in [0, 0.05) is 0 Å². The van der Waals surface area contributed by atoms with E-state index in [4.69, 9.17) is 23.2 Å². The van der Waals surface area contributed by atoms with Crippen LogP contribution >= 0.6 is 50.5 Å². The maximum absolute atomic E-state index is 14.9. The van der Waals surface area contributed by atoms with Crippen molar-refractivity contribution in [1.29, 1.82) is 0 Å². The molecule has 1 aromatic heterocycles. The van der Waals surface area contributed by atoms with Crippen molar-refractivity contribution in [2.75, 3.05) is 0 Å². The molecule has 0 spiro atoms. The van der Waals surface area contributed by atoms with Crippen LogP contribution in [0.1, 0.15) is 32.1 Å². The second-order valence-corrected chi connectivity index (χ2v) is 11.9. The lowest BCUT2D eigenvalue weighted by molar-refractivity contribution is -0.117. The van der Waals surface area contributed by atoms with E-state index in [-0.39, 0.29) is 29.9 Å². The summed E-state index contributed by atoms with van der Waals surface area (Å²) in [7, 11) is -4.34. The highest BCUT2D eigenvalue weighted by Crippen LogP contribution is 2.57. The molecule has 4 aliphatic rings. The Morgan fingerprint density at radius 1 is 1.08 bits per heavy atom. The maximum Gasteiger partial charge on any atom is 0.293 e. The Balaban J connectivity index is 1.62. The van der Waals surface area contributed by atoms with Crippen molar-refractivity contribution in [2.45, 2.75) is 37.0 Å². The third-order valence-electron chi connectivity index (χ3n) is 5.70. The van der Waals surface area contributed by atoms with Crippen molar-refractivity contribution in [3.8, 4) is 0 Å². The second-order valence-electron chi connectivity index (χ2n) is 7.30. The van der Waals surface area contributed by atoms with Gasteiger partial charge in [0.15, 0.2) is 5.83 Å². The molecular weight excluding hydrogens is 488 g/mol. The summed E-state index contributed by atoms with van der Waals surface area (Å²) < 4.78 is 41.9. The fraction of sp³-hybridized carbons (Fsp3) is 0.562. The zero-order valence-corrected chi connectivity index (χ0v) is 18.1. The molecule has 1 amide bonds. The highest BCUT2D eigenvalue weighted by molar-refractivity contribution is 9.10. The third kappa shape index (κ3) is 3.15. The van der Waals surface area contributed by atoms with Crippen LogP contribution in [0.2, 0.25) is 8.67 Å². The van der Waals surface area contributed by atoms with Crippen molar-refractivity contribution < 1.29 is 17.6 Å². The molecule has 0 atom stereocenters. The van der Waals surface area contributed by atoms with Gasteiger partial charge in [-0.2, -0.15) is 0 Å². The van der Waals surface area contributed by atoms with E-state index < -0.39 is 21.8 Å². The van der Waals surface area contributed by atoms with Crippen LogP contribution < -0.4 is 4.72 Å². The van der Waals surface area contributed by atoms with E-state index in [1.807, 2.05) is 4.72 Å². The van der Waals surface area contributed by atoms with Crippen molar-refractivity contribution >= 4 is 66.4 Å². The largest absolute Gasteiger partial charge is 0.293 e. The lowest BCUT2D eigenvalue weighted by Crippen LogP contribution is -2.42. The zero-order valence-electron chi connectivity index (χ0n) is 13.4. The summed E-state index contributed by atoms with van der Waals surface area (Å²) in [6.45, 7) is 0. The van der Waals surface area contributed by atoms with Crippen LogP contribution in [-0.2, 0) is 14.8 Å². The van der Waals surface area contributed by atoms with E-state index in [0.29, 0.717) is 17.4 Å². The van der Waals surface area contributed by atoms with Gasteiger partial charge in [0.25, 0.3) is 15.9 Å². The van der Waals surface area contributed by atoms with E-state index in [1.54, 1.807) is 0 Å². The quantitative estimate of drug-likeness (QED) is 0.570. The number of amides is 1. The minimum absolute atomic E-state index is 0.0608. The predicted octanol–water partition coefficient (Wildman–Crippen LogP) is 5.30. The first kappa shape index (κ1) is 19.2. The molecule has 1 aromatic rings. The monoisotopic (exact) mass is 501 g/mol. The van der Waals surface area contributed by atoms with Gasteiger partial charge in [0.1, 0.15) is 13.6 Å². The molecule has 4 nitrogen and oxygen atoms in total. The Kier molecular flexibility index (Phi) is 4.96. The number of carbonyl (C=O) groups excluding carboxylic acids is 1. The van der Waals surface area contributed by atoms with Gasteiger partial charge < -0.3 is 0 Å². The number of nitrogens with one attached hydrogen (secondary N) is 1.